The third-order valence-electron chi connectivity index (χ3n) is 2.39. The van der Waals surface area contributed by atoms with Crippen LogP contribution in [0.2, 0.25) is 0 Å². The van der Waals surface area contributed by atoms with Crippen LogP contribution in [0.15, 0.2) is 36.4 Å². The predicted molar refractivity (Wildman–Crippen MR) is 59.6 cm³/mol. The molecule has 0 fully saturated rings. The minimum Gasteiger partial charge on any atom is -0.390 e. The van der Waals surface area contributed by atoms with Crippen molar-refractivity contribution in [1.29, 1.82) is 0 Å². The Hall–Kier alpha value is -1.68. The van der Waals surface area contributed by atoms with Crippen molar-refractivity contribution in [1.82, 2.24) is 9.78 Å². The van der Waals surface area contributed by atoms with Crippen LogP contribution in [0.4, 0.5) is 4.39 Å². The van der Waals surface area contributed by atoms with Gasteiger partial charge in [0.05, 0.1) is 24.5 Å². The molecule has 1 aromatic carbocycles. The second-order valence-corrected chi connectivity index (χ2v) is 3.46. The molecular weight excluding hydrogens is 207 g/mol. The van der Waals surface area contributed by atoms with E-state index in [4.69, 9.17) is 5.11 Å². The number of aryl methyl sites for hydroxylation is 1. The van der Waals surface area contributed by atoms with Gasteiger partial charge in [-0.05, 0) is 6.07 Å². The van der Waals surface area contributed by atoms with E-state index >= 15 is 0 Å². The zero-order valence-electron chi connectivity index (χ0n) is 8.81. The number of aliphatic hydroxyl groups excluding tert-OH is 1. The van der Waals surface area contributed by atoms with Crippen LogP contribution >= 0.6 is 0 Å². The van der Waals surface area contributed by atoms with Gasteiger partial charge in [0.2, 0.25) is 0 Å². The quantitative estimate of drug-likeness (QED) is 0.855. The minimum absolute atomic E-state index is 0.125. The van der Waals surface area contributed by atoms with E-state index in [0.717, 1.165) is 11.3 Å². The smallest absolute Gasteiger partial charge is 0.109 e. The predicted octanol–water partition coefficient (Wildman–Crippen LogP) is 2.01. The molecular formula is C12H13FN2O. The fourth-order valence-corrected chi connectivity index (χ4v) is 1.61. The van der Waals surface area contributed by atoms with Gasteiger partial charge in [-0.15, -0.1) is 0 Å². The number of hydrogen-bond acceptors (Lipinski definition) is 2. The Morgan fingerprint density at radius 3 is 2.62 bits per heavy atom. The number of aromatic nitrogens is 2. The topological polar surface area (TPSA) is 38.1 Å². The molecule has 0 bridgehead atoms. The molecule has 16 heavy (non-hydrogen) atoms. The van der Waals surface area contributed by atoms with E-state index in [0.29, 0.717) is 5.69 Å². The van der Waals surface area contributed by atoms with Crippen LogP contribution in [-0.4, -0.2) is 21.6 Å². The van der Waals surface area contributed by atoms with Crippen molar-refractivity contribution in [3.05, 3.63) is 42.1 Å². The van der Waals surface area contributed by atoms with Crippen molar-refractivity contribution in [2.45, 2.75) is 13.2 Å². The average Bonchev–Trinajstić information content (AvgIpc) is 2.74. The number of hydrogen-bond donors (Lipinski definition) is 1. The summed E-state index contributed by atoms with van der Waals surface area (Å²) >= 11 is 0. The fourth-order valence-electron chi connectivity index (χ4n) is 1.61. The first-order valence-electron chi connectivity index (χ1n) is 5.14. The van der Waals surface area contributed by atoms with Gasteiger partial charge in [0, 0.05) is 5.56 Å². The third-order valence-corrected chi connectivity index (χ3v) is 2.39. The highest BCUT2D eigenvalue weighted by Crippen LogP contribution is 2.18. The van der Waals surface area contributed by atoms with Gasteiger partial charge in [0.15, 0.2) is 0 Å². The summed E-state index contributed by atoms with van der Waals surface area (Å²) < 4.78 is 13.8. The van der Waals surface area contributed by atoms with Crippen molar-refractivity contribution in [2.24, 2.45) is 0 Å². The Kier molecular flexibility index (Phi) is 3.31. The highest BCUT2D eigenvalue weighted by atomic mass is 19.1. The van der Waals surface area contributed by atoms with Crippen molar-refractivity contribution in [3.8, 4) is 11.3 Å². The molecule has 0 aliphatic carbocycles. The summed E-state index contributed by atoms with van der Waals surface area (Å²) in [5.74, 6) is 0. The summed E-state index contributed by atoms with van der Waals surface area (Å²) in [6, 6.07) is 11.4. The standard InChI is InChI=1S/C12H13FN2O/c13-6-7-15-11(9-16)8-12(14-15)10-4-2-1-3-5-10/h1-5,8,16H,6-7,9H2. The molecule has 1 aromatic heterocycles. The van der Waals surface area contributed by atoms with Crippen LogP contribution in [-0.2, 0) is 13.2 Å². The van der Waals surface area contributed by atoms with Crippen LogP contribution in [0.1, 0.15) is 5.69 Å². The lowest BCUT2D eigenvalue weighted by atomic mass is 10.1. The van der Waals surface area contributed by atoms with Gasteiger partial charge in [-0.25, -0.2) is 4.39 Å². The van der Waals surface area contributed by atoms with E-state index in [1.807, 2.05) is 30.3 Å². The van der Waals surface area contributed by atoms with Crippen molar-refractivity contribution in [3.63, 3.8) is 0 Å². The molecule has 0 atom stereocenters. The molecule has 2 aromatic rings. The summed E-state index contributed by atoms with van der Waals surface area (Å²) in [5, 5.41) is 13.4. The van der Waals surface area contributed by atoms with Gasteiger partial charge in [0.1, 0.15) is 6.67 Å². The molecule has 1 N–H and O–H groups in total. The van der Waals surface area contributed by atoms with Gasteiger partial charge >= 0.3 is 0 Å². The number of rotatable bonds is 4. The molecule has 0 saturated carbocycles. The second-order valence-electron chi connectivity index (χ2n) is 3.46. The first-order chi connectivity index (χ1) is 7.85. The number of alkyl halides is 1. The SMILES string of the molecule is OCc1cc(-c2ccccc2)nn1CCF. The average molecular weight is 220 g/mol. The van der Waals surface area contributed by atoms with Gasteiger partial charge < -0.3 is 5.11 Å². The molecule has 4 heteroatoms. The van der Waals surface area contributed by atoms with Crippen molar-refractivity contribution in [2.75, 3.05) is 6.67 Å². The van der Waals surface area contributed by atoms with Crippen LogP contribution in [0, 0.1) is 0 Å². The first kappa shape index (κ1) is 10.8. The van der Waals surface area contributed by atoms with E-state index in [1.54, 1.807) is 6.07 Å². The highest BCUT2D eigenvalue weighted by Gasteiger charge is 2.07. The summed E-state index contributed by atoms with van der Waals surface area (Å²) in [6.07, 6.45) is 0. The zero-order valence-corrected chi connectivity index (χ0v) is 8.81. The molecule has 0 saturated heterocycles. The molecule has 0 spiro atoms. The maximum Gasteiger partial charge on any atom is 0.109 e. The lowest BCUT2D eigenvalue weighted by Gasteiger charge is -2.00. The zero-order chi connectivity index (χ0) is 11.4. The summed E-state index contributed by atoms with van der Waals surface area (Å²) in [7, 11) is 0. The second kappa shape index (κ2) is 4.90. The van der Waals surface area contributed by atoms with E-state index in [-0.39, 0.29) is 13.2 Å². The minimum atomic E-state index is -0.483. The lowest BCUT2D eigenvalue weighted by Crippen LogP contribution is -2.06. The molecule has 1 heterocycles. The molecule has 0 aliphatic heterocycles. The molecule has 0 amide bonds. The first-order valence-corrected chi connectivity index (χ1v) is 5.14. The van der Waals surface area contributed by atoms with Crippen LogP contribution in [0.3, 0.4) is 0 Å². The summed E-state index contributed by atoms with van der Waals surface area (Å²) in [4.78, 5) is 0. The molecule has 0 aliphatic rings. The molecule has 3 nitrogen and oxygen atoms in total. The third kappa shape index (κ3) is 2.12. The molecule has 0 radical (unpaired) electrons. The maximum atomic E-state index is 12.3. The highest BCUT2D eigenvalue weighted by molar-refractivity contribution is 5.59. The van der Waals surface area contributed by atoms with E-state index in [2.05, 4.69) is 5.10 Å². The Balaban J connectivity index is 2.36. The number of benzene rings is 1. The number of halogens is 1. The van der Waals surface area contributed by atoms with Crippen LogP contribution < -0.4 is 0 Å². The normalized spacial score (nSPS) is 10.6. The Morgan fingerprint density at radius 1 is 1.25 bits per heavy atom. The maximum absolute atomic E-state index is 12.3. The van der Waals surface area contributed by atoms with Gasteiger partial charge in [-0.3, -0.25) is 4.68 Å². The van der Waals surface area contributed by atoms with Gasteiger partial charge in [-0.1, -0.05) is 30.3 Å². The fraction of sp³-hybridized carbons (Fsp3) is 0.250. The Bertz CT molecular complexity index is 453. The van der Waals surface area contributed by atoms with Gasteiger partial charge in [0.25, 0.3) is 0 Å². The molecule has 2 rings (SSSR count). The summed E-state index contributed by atoms with van der Waals surface area (Å²) in [6.45, 7) is -0.425. The van der Waals surface area contributed by atoms with Crippen LogP contribution in [0.25, 0.3) is 11.3 Å². The Morgan fingerprint density at radius 2 is 2.00 bits per heavy atom. The monoisotopic (exact) mass is 220 g/mol. The largest absolute Gasteiger partial charge is 0.390 e. The summed E-state index contributed by atoms with van der Waals surface area (Å²) in [5.41, 5.74) is 2.37. The number of nitrogens with zero attached hydrogens (tertiary/aromatic N) is 2. The molecule has 84 valence electrons. The van der Waals surface area contributed by atoms with E-state index < -0.39 is 6.67 Å². The van der Waals surface area contributed by atoms with E-state index in [1.165, 1.54) is 4.68 Å². The van der Waals surface area contributed by atoms with Crippen LogP contribution in [0.5, 0.6) is 0 Å². The Labute approximate surface area is 93.2 Å². The van der Waals surface area contributed by atoms with Gasteiger partial charge in [-0.2, -0.15) is 5.10 Å². The lowest BCUT2D eigenvalue weighted by molar-refractivity contribution is 0.265. The van der Waals surface area contributed by atoms with E-state index in [9.17, 15) is 4.39 Å². The molecule has 0 unspecified atom stereocenters. The van der Waals surface area contributed by atoms with Crippen molar-refractivity contribution < 1.29 is 9.50 Å². The van der Waals surface area contributed by atoms with Crippen molar-refractivity contribution >= 4 is 0 Å². The number of aliphatic hydroxyl groups is 1.